The molecule has 142 valence electrons. The number of amides is 1. The lowest BCUT2D eigenvalue weighted by atomic mass is 9.93. The van der Waals surface area contributed by atoms with Gasteiger partial charge in [-0.3, -0.25) is 4.79 Å². The predicted octanol–water partition coefficient (Wildman–Crippen LogP) is 5.52. The van der Waals surface area contributed by atoms with Crippen LogP contribution in [-0.2, 0) is 4.79 Å². The monoisotopic (exact) mass is 429 g/mol. The first-order valence-electron chi connectivity index (χ1n) is 8.64. The average Bonchev–Trinajstić information content (AvgIpc) is 3.07. The molecule has 0 spiro atoms. The van der Waals surface area contributed by atoms with E-state index in [2.05, 4.69) is 29.3 Å². The van der Waals surface area contributed by atoms with Crippen molar-refractivity contribution in [3.63, 3.8) is 0 Å². The number of carbonyl (C=O) groups is 1. The van der Waals surface area contributed by atoms with Gasteiger partial charge < -0.3 is 10.6 Å². The van der Waals surface area contributed by atoms with E-state index in [1.165, 1.54) is 17.3 Å². The number of amidine groups is 1. The lowest BCUT2D eigenvalue weighted by molar-refractivity contribution is -0.115. The molecule has 2 aliphatic heterocycles. The first-order valence-corrected chi connectivity index (χ1v) is 10.3. The minimum absolute atomic E-state index is 0.405. The second kappa shape index (κ2) is 7.32. The first kappa shape index (κ1) is 19.1. The van der Waals surface area contributed by atoms with Crippen LogP contribution in [0.2, 0.25) is 10.0 Å². The molecule has 0 saturated heterocycles. The number of allylic oxidation sites excluding steroid dienone is 1. The summed E-state index contributed by atoms with van der Waals surface area (Å²) in [7, 11) is 0. The van der Waals surface area contributed by atoms with Crippen LogP contribution in [0.4, 0.5) is 0 Å². The van der Waals surface area contributed by atoms with Gasteiger partial charge in [-0.25, -0.2) is 4.99 Å². The van der Waals surface area contributed by atoms with Gasteiger partial charge in [0.2, 0.25) is 5.91 Å². The first-order chi connectivity index (χ1) is 13.4. The minimum atomic E-state index is -0.526. The molecule has 0 saturated carbocycles. The Morgan fingerprint density at radius 3 is 2.54 bits per heavy atom. The van der Waals surface area contributed by atoms with Gasteiger partial charge in [0.25, 0.3) is 0 Å². The van der Waals surface area contributed by atoms with Crippen LogP contribution < -0.4 is 5.73 Å². The molecule has 0 radical (unpaired) electrons. The summed E-state index contributed by atoms with van der Waals surface area (Å²) in [5.41, 5.74) is 10.6. The lowest BCUT2D eigenvalue weighted by Gasteiger charge is -2.36. The van der Waals surface area contributed by atoms with Crippen molar-refractivity contribution in [1.82, 2.24) is 4.90 Å². The van der Waals surface area contributed by atoms with Gasteiger partial charge >= 0.3 is 0 Å². The third-order valence-electron chi connectivity index (χ3n) is 4.82. The van der Waals surface area contributed by atoms with Crippen molar-refractivity contribution in [3.05, 3.63) is 85.9 Å². The van der Waals surface area contributed by atoms with Crippen molar-refractivity contribution in [2.75, 3.05) is 0 Å². The van der Waals surface area contributed by atoms with E-state index in [0.717, 1.165) is 22.0 Å². The summed E-state index contributed by atoms with van der Waals surface area (Å²) in [6, 6.07) is 13.1. The Labute approximate surface area is 177 Å². The summed E-state index contributed by atoms with van der Waals surface area (Å²) in [5, 5.41) is 3.64. The van der Waals surface area contributed by atoms with Crippen molar-refractivity contribution in [2.24, 2.45) is 10.7 Å². The van der Waals surface area contributed by atoms with E-state index < -0.39 is 11.9 Å². The van der Waals surface area contributed by atoms with Gasteiger partial charge in [0, 0.05) is 5.41 Å². The van der Waals surface area contributed by atoms with E-state index in [-0.39, 0.29) is 0 Å². The number of aliphatic imine (C=N–C) groups is 1. The summed E-state index contributed by atoms with van der Waals surface area (Å²) in [5.74, 6) is -0.526. The molecule has 0 unspecified atom stereocenters. The number of hydrogen-bond donors (Lipinski definition) is 1. The van der Waals surface area contributed by atoms with Gasteiger partial charge in [0.1, 0.15) is 0 Å². The van der Waals surface area contributed by atoms with E-state index in [1.807, 2.05) is 29.4 Å². The zero-order chi connectivity index (χ0) is 20.0. The van der Waals surface area contributed by atoms with Crippen LogP contribution in [0.3, 0.4) is 0 Å². The number of nitrogens with zero attached hydrogens (tertiary/aromatic N) is 2. The molecule has 2 heterocycles. The lowest BCUT2D eigenvalue weighted by Crippen LogP contribution is -2.37. The largest absolute Gasteiger partial charge is 0.366 e. The fourth-order valence-electron chi connectivity index (χ4n) is 3.46. The van der Waals surface area contributed by atoms with Gasteiger partial charge in [-0.05, 0) is 31.0 Å². The van der Waals surface area contributed by atoms with Crippen molar-refractivity contribution in [3.8, 4) is 0 Å². The van der Waals surface area contributed by atoms with Crippen LogP contribution in [0.25, 0.3) is 5.70 Å². The molecule has 1 amide bonds. The number of carbonyl (C=O) groups excluding carboxylic acids is 1. The van der Waals surface area contributed by atoms with Crippen molar-refractivity contribution >= 4 is 51.7 Å². The Hall–Kier alpha value is -2.21. The van der Waals surface area contributed by atoms with Crippen LogP contribution in [0.1, 0.15) is 29.7 Å². The highest BCUT2D eigenvalue weighted by Crippen LogP contribution is 2.48. The Balaban J connectivity index is 1.91. The average molecular weight is 430 g/mol. The number of hydrogen-bond acceptors (Lipinski definition) is 4. The highest BCUT2D eigenvalue weighted by Gasteiger charge is 2.40. The Bertz CT molecular complexity index is 1070. The summed E-state index contributed by atoms with van der Waals surface area (Å²) in [6.45, 7) is 3.83. The van der Waals surface area contributed by atoms with E-state index >= 15 is 0 Å². The standard InChI is InChI=1S/C21H17Cl2N3OS/c1-11-6-8-13(9-7-11)16-10-28-21-25-12(2)17(20(24)27)19(26(16)21)14-4-3-5-15(22)18(14)23/h3-10,19H,1-2H3,(H2,24,27)/t19-/m0/s1. The van der Waals surface area contributed by atoms with Crippen LogP contribution >= 0.6 is 35.0 Å². The number of halogens is 2. The molecule has 0 fully saturated rings. The number of thioether (sulfide) groups is 1. The summed E-state index contributed by atoms with van der Waals surface area (Å²) >= 11 is 14.3. The van der Waals surface area contributed by atoms with Gasteiger partial charge in [-0.2, -0.15) is 0 Å². The predicted molar refractivity (Wildman–Crippen MR) is 117 cm³/mol. The number of rotatable bonds is 3. The molecule has 0 aliphatic carbocycles. The maximum atomic E-state index is 12.4. The smallest absolute Gasteiger partial charge is 0.248 e. The summed E-state index contributed by atoms with van der Waals surface area (Å²) < 4.78 is 0. The molecule has 2 aromatic carbocycles. The molecule has 2 N–H and O–H groups in total. The van der Waals surface area contributed by atoms with Gasteiger partial charge in [-0.1, -0.05) is 76.9 Å². The van der Waals surface area contributed by atoms with Crippen molar-refractivity contribution in [2.45, 2.75) is 19.9 Å². The maximum absolute atomic E-state index is 12.4. The van der Waals surface area contributed by atoms with Gasteiger partial charge in [0.15, 0.2) is 5.17 Å². The number of fused-ring (bicyclic) bond motifs is 1. The Kier molecular flexibility index (Phi) is 5.00. The quantitative estimate of drug-likeness (QED) is 0.698. The number of benzene rings is 2. The molecular weight excluding hydrogens is 413 g/mol. The molecule has 2 aromatic rings. The third-order valence-corrected chi connectivity index (χ3v) is 6.49. The molecule has 28 heavy (non-hydrogen) atoms. The molecule has 7 heteroatoms. The third kappa shape index (κ3) is 3.13. The van der Waals surface area contributed by atoms with E-state index in [0.29, 0.717) is 21.3 Å². The minimum Gasteiger partial charge on any atom is -0.366 e. The molecule has 0 bridgehead atoms. The molecule has 4 rings (SSSR count). The second-order valence-electron chi connectivity index (χ2n) is 6.66. The Morgan fingerprint density at radius 2 is 1.86 bits per heavy atom. The number of nitrogens with two attached hydrogens (primary N) is 1. The van der Waals surface area contributed by atoms with Crippen molar-refractivity contribution in [1.29, 1.82) is 0 Å². The molecule has 2 aliphatic rings. The maximum Gasteiger partial charge on any atom is 0.248 e. The number of primary amides is 1. The number of aryl methyl sites for hydroxylation is 1. The van der Waals surface area contributed by atoms with E-state index in [4.69, 9.17) is 28.9 Å². The summed E-state index contributed by atoms with van der Waals surface area (Å²) in [4.78, 5) is 19.0. The van der Waals surface area contributed by atoms with Crippen LogP contribution in [0.5, 0.6) is 0 Å². The van der Waals surface area contributed by atoms with Gasteiger partial charge in [-0.15, -0.1) is 0 Å². The van der Waals surface area contributed by atoms with E-state index in [1.54, 1.807) is 13.0 Å². The highest BCUT2D eigenvalue weighted by molar-refractivity contribution is 8.16. The normalized spacial score (nSPS) is 18.7. The van der Waals surface area contributed by atoms with E-state index in [9.17, 15) is 4.79 Å². The van der Waals surface area contributed by atoms with Crippen LogP contribution in [0, 0.1) is 6.92 Å². The molecular formula is C21H17Cl2N3OS. The Morgan fingerprint density at radius 1 is 1.14 bits per heavy atom. The topological polar surface area (TPSA) is 58.7 Å². The zero-order valence-corrected chi connectivity index (χ0v) is 17.6. The summed E-state index contributed by atoms with van der Waals surface area (Å²) in [6.07, 6.45) is 0. The van der Waals surface area contributed by atoms with Gasteiger partial charge in [0.05, 0.1) is 33.1 Å². The van der Waals surface area contributed by atoms with Crippen molar-refractivity contribution < 1.29 is 4.79 Å². The SMILES string of the molecule is CC1=C(C(N)=O)[C@H](c2cccc(Cl)c2Cl)N2C(c3ccc(C)cc3)=CSC2=N1. The fourth-order valence-corrected chi connectivity index (χ4v) is 4.84. The fraction of sp³-hybridized carbons (Fsp3) is 0.143. The van der Waals surface area contributed by atoms with Crippen LogP contribution in [0.15, 0.2) is 64.1 Å². The molecule has 4 nitrogen and oxygen atoms in total. The molecule has 1 atom stereocenters. The van der Waals surface area contributed by atoms with Crippen LogP contribution in [-0.4, -0.2) is 16.0 Å². The molecule has 0 aromatic heterocycles. The highest BCUT2D eigenvalue weighted by atomic mass is 35.5. The zero-order valence-electron chi connectivity index (χ0n) is 15.2. The second-order valence-corrected chi connectivity index (χ2v) is 8.28.